The van der Waals surface area contributed by atoms with Crippen LogP contribution in [-0.4, -0.2) is 33.6 Å². The third-order valence-corrected chi connectivity index (χ3v) is 4.95. The predicted molar refractivity (Wildman–Crippen MR) is 81.7 cm³/mol. The molecule has 5 heteroatoms. The number of imidazole rings is 1. The van der Waals surface area contributed by atoms with E-state index >= 15 is 0 Å². The molecule has 3 rings (SSSR count). The summed E-state index contributed by atoms with van der Waals surface area (Å²) < 4.78 is 2.04. The van der Waals surface area contributed by atoms with E-state index in [1.165, 1.54) is 6.42 Å². The zero-order valence-electron chi connectivity index (χ0n) is 13.2. The highest BCUT2D eigenvalue weighted by molar-refractivity contribution is 5.80. The first kappa shape index (κ1) is 14.6. The Morgan fingerprint density at radius 2 is 2.29 bits per heavy atom. The highest BCUT2D eigenvalue weighted by Crippen LogP contribution is 2.33. The molecule has 0 saturated carbocycles. The molecule has 1 aromatic rings. The number of nitrogens with zero attached hydrogens (tertiary/aromatic N) is 2. The van der Waals surface area contributed by atoms with Crippen LogP contribution in [0, 0.1) is 11.3 Å². The summed E-state index contributed by atoms with van der Waals surface area (Å²) in [6, 6.07) is 1.06. The summed E-state index contributed by atoms with van der Waals surface area (Å²) in [6.07, 6.45) is 8.91. The van der Waals surface area contributed by atoms with Gasteiger partial charge in [-0.15, -0.1) is 0 Å². The van der Waals surface area contributed by atoms with E-state index < -0.39 is 0 Å². The Morgan fingerprint density at radius 3 is 2.81 bits per heavy atom. The monoisotopic (exact) mass is 290 g/mol. The molecule has 5 nitrogen and oxygen atoms in total. The molecule has 4 atom stereocenters. The number of amides is 1. The van der Waals surface area contributed by atoms with Crippen LogP contribution in [0.15, 0.2) is 18.7 Å². The van der Waals surface area contributed by atoms with E-state index in [0.717, 1.165) is 19.4 Å². The van der Waals surface area contributed by atoms with Crippen molar-refractivity contribution in [2.24, 2.45) is 11.3 Å². The van der Waals surface area contributed by atoms with Gasteiger partial charge in [0, 0.05) is 31.0 Å². The zero-order chi connectivity index (χ0) is 15.0. The molecule has 1 aromatic heterocycles. The van der Waals surface area contributed by atoms with Gasteiger partial charge in [0.15, 0.2) is 0 Å². The Morgan fingerprint density at radius 1 is 1.48 bits per heavy atom. The van der Waals surface area contributed by atoms with E-state index in [1.54, 1.807) is 6.20 Å². The van der Waals surface area contributed by atoms with Gasteiger partial charge in [-0.25, -0.2) is 4.98 Å². The molecule has 21 heavy (non-hydrogen) atoms. The molecule has 2 saturated heterocycles. The van der Waals surface area contributed by atoms with Crippen molar-refractivity contribution in [3.63, 3.8) is 0 Å². The average molecular weight is 290 g/mol. The molecule has 116 valence electrons. The standard InChI is InChI=1S/C16H26N4O/c1-16(2,3)14(9-20-7-6-17-10-20)19-15(21)12-8-11-4-5-13(12)18-11/h6-7,10-14,18H,4-5,8-9H2,1-3H3,(H,19,21). The topological polar surface area (TPSA) is 59.0 Å². The first-order chi connectivity index (χ1) is 9.93. The molecule has 2 fully saturated rings. The largest absolute Gasteiger partial charge is 0.351 e. The highest BCUT2D eigenvalue weighted by atomic mass is 16.2. The second-order valence-corrected chi connectivity index (χ2v) is 7.58. The van der Waals surface area contributed by atoms with Crippen molar-refractivity contribution in [3.8, 4) is 0 Å². The summed E-state index contributed by atoms with van der Waals surface area (Å²) in [5.41, 5.74) is 0.0188. The van der Waals surface area contributed by atoms with E-state index in [-0.39, 0.29) is 23.3 Å². The van der Waals surface area contributed by atoms with E-state index in [4.69, 9.17) is 0 Å². The van der Waals surface area contributed by atoms with Crippen molar-refractivity contribution in [3.05, 3.63) is 18.7 Å². The molecular weight excluding hydrogens is 264 g/mol. The van der Waals surface area contributed by atoms with Gasteiger partial charge in [-0.1, -0.05) is 20.8 Å². The van der Waals surface area contributed by atoms with Gasteiger partial charge in [0.1, 0.15) is 0 Å². The maximum Gasteiger partial charge on any atom is 0.225 e. The molecule has 1 amide bonds. The molecule has 0 radical (unpaired) electrons. The van der Waals surface area contributed by atoms with Gasteiger partial charge in [0.2, 0.25) is 5.91 Å². The summed E-state index contributed by atoms with van der Waals surface area (Å²) in [5.74, 6) is 0.367. The van der Waals surface area contributed by atoms with Crippen LogP contribution in [0.5, 0.6) is 0 Å². The van der Waals surface area contributed by atoms with Gasteiger partial charge >= 0.3 is 0 Å². The average Bonchev–Trinajstić information content (AvgIpc) is 3.13. The first-order valence-corrected chi connectivity index (χ1v) is 7.95. The molecule has 4 unspecified atom stereocenters. The Hall–Kier alpha value is -1.36. The summed E-state index contributed by atoms with van der Waals surface area (Å²) in [4.78, 5) is 16.7. The van der Waals surface area contributed by atoms with Crippen molar-refractivity contribution in [2.45, 2.75) is 64.7 Å². The van der Waals surface area contributed by atoms with Crippen LogP contribution in [0.4, 0.5) is 0 Å². The summed E-state index contributed by atoms with van der Waals surface area (Å²) >= 11 is 0. The SMILES string of the molecule is CC(C)(C)C(Cn1ccnc1)NC(=O)C1CC2CCC1N2. The summed E-state index contributed by atoms with van der Waals surface area (Å²) in [6.45, 7) is 7.29. The van der Waals surface area contributed by atoms with Crippen molar-refractivity contribution >= 4 is 5.91 Å². The van der Waals surface area contributed by atoms with Crippen LogP contribution < -0.4 is 10.6 Å². The van der Waals surface area contributed by atoms with E-state index in [0.29, 0.717) is 12.1 Å². The van der Waals surface area contributed by atoms with Crippen molar-refractivity contribution in [1.29, 1.82) is 0 Å². The number of carbonyl (C=O) groups excluding carboxylic acids is 1. The zero-order valence-corrected chi connectivity index (χ0v) is 13.2. The molecule has 0 aromatic carbocycles. The molecule has 2 aliphatic rings. The molecule has 3 heterocycles. The predicted octanol–water partition coefficient (Wildman–Crippen LogP) is 1.55. The number of hydrogen-bond donors (Lipinski definition) is 2. The van der Waals surface area contributed by atoms with Crippen LogP contribution in [0.3, 0.4) is 0 Å². The van der Waals surface area contributed by atoms with E-state index in [2.05, 4.69) is 36.4 Å². The third-order valence-electron chi connectivity index (χ3n) is 4.95. The van der Waals surface area contributed by atoms with Gasteiger partial charge in [-0.2, -0.15) is 0 Å². The lowest BCUT2D eigenvalue weighted by Crippen LogP contribution is -2.50. The van der Waals surface area contributed by atoms with Crippen molar-refractivity contribution in [2.75, 3.05) is 0 Å². The Kier molecular flexibility index (Phi) is 3.78. The molecule has 2 bridgehead atoms. The molecule has 2 N–H and O–H groups in total. The molecular formula is C16H26N4O. The maximum absolute atomic E-state index is 12.6. The fourth-order valence-corrected chi connectivity index (χ4v) is 3.53. The number of nitrogens with one attached hydrogen (secondary N) is 2. The quantitative estimate of drug-likeness (QED) is 0.884. The Labute approximate surface area is 126 Å². The first-order valence-electron chi connectivity index (χ1n) is 7.95. The Bertz CT molecular complexity index is 491. The van der Waals surface area contributed by atoms with Gasteiger partial charge in [-0.05, 0) is 24.7 Å². The number of carbonyl (C=O) groups is 1. The second kappa shape index (κ2) is 5.44. The minimum Gasteiger partial charge on any atom is -0.351 e. The maximum atomic E-state index is 12.6. The molecule has 0 spiro atoms. The normalized spacial score (nSPS) is 29.6. The van der Waals surface area contributed by atoms with Crippen LogP contribution in [-0.2, 0) is 11.3 Å². The lowest BCUT2D eigenvalue weighted by molar-refractivity contribution is -0.127. The lowest BCUT2D eigenvalue weighted by Gasteiger charge is -2.33. The van der Waals surface area contributed by atoms with Gasteiger partial charge in [0.05, 0.1) is 18.3 Å². The van der Waals surface area contributed by atoms with Crippen LogP contribution in [0.2, 0.25) is 0 Å². The number of rotatable bonds is 4. The second-order valence-electron chi connectivity index (χ2n) is 7.58. The highest BCUT2D eigenvalue weighted by Gasteiger charge is 2.43. The summed E-state index contributed by atoms with van der Waals surface area (Å²) in [5, 5.41) is 6.83. The lowest BCUT2D eigenvalue weighted by atomic mass is 9.84. The van der Waals surface area contributed by atoms with E-state index in [9.17, 15) is 4.79 Å². The Balaban J connectivity index is 1.65. The van der Waals surface area contributed by atoms with Crippen LogP contribution in [0.25, 0.3) is 0 Å². The van der Waals surface area contributed by atoms with Crippen LogP contribution in [0.1, 0.15) is 40.0 Å². The summed E-state index contributed by atoms with van der Waals surface area (Å²) in [7, 11) is 0. The number of fused-ring (bicyclic) bond motifs is 2. The minimum absolute atomic E-state index is 0.0188. The van der Waals surface area contributed by atoms with Crippen molar-refractivity contribution < 1.29 is 4.79 Å². The fourth-order valence-electron chi connectivity index (χ4n) is 3.53. The molecule has 2 aliphatic heterocycles. The smallest absolute Gasteiger partial charge is 0.225 e. The van der Waals surface area contributed by atoms with Crippen molar-refractivity contribution in [1.82, 2.24) is 20.2 Å². The third kappa shape index (κ3) is 3.12. The molecule has 0 aliphatic carbocycles. The number of aromatic nitrogens is 2. The number of hydrogen-bond acceptors (Lipinski definition) is 3. The minimum atomic E-state index is 0.0188. The fraction of sp³-hybridized carbons (Fsp3) is 0.750. The van der Waals surface area contributed by atoms with Gasteiger partial charge in [0.25, 0.3) is 0 Å². The van der Waals surface area contributed by atoms with Gasteiger partial charge < -0.3 is 15.2 Å². The van der Waals surface area contributed by atoms with Crippen LogP contribution >= 0.6 is 0 Å². The van der Waals surface area contributed by atoms with Gasteiger partial charge in [-0.3, -0.25) is 4.79 Å². The van der Waals surface area contributed by atoms with E-state index in [1.807, 2.05) is 17.1 Å².